The third kappa shape index (κ3) is 1.22. The highest BCUT2D eigenvalue weighted by Gasteiger charge is 2.53. The van der Waals surface area contributed by atoms with Crippen LogP contribution in [-0.2, 0) is 4.74 Å². The van der Waals surface area contributed by atoms with E-state index in [9.17, 15) is 5.11 Å². The molecule has 0 bridgehead atoms. The first-order valence-electron chi connectivity index (χ1n) is 3.51. The summed E-state index contributed by atoms with van der Waals surface area (Å²) in [5, 5.41) is 44.7. The zero-order valence-corrected chi connectivity index (χ0v) is 6.29. The summed E-state index contributed by atoms with van der Waals surface area (Å²) >= 11 is 0. The van der Waals surface area contributed by atoms with Crippen LogP contribution in [-0.4, -0.2) is 62.8 Å². The smallest absolute Gasteiger partial charge is 0.184 e. The van der Waals surface area contributed by atoms with Gasteiger partial charge in [-0.25, -0.2) is 0 Å². The lowest BCUT2D eigenvalue weighted by molar-refractivity contribution is -0.187. The molecule has 0 aromatic heterocycles. The Morgan fingerprint density at radius 1 is 1.08 bits per heavy atom. The average Bonchev–Trinajstić information content (AvgIpc) is 2.30. The van der Waals surface area contributed by atoms with E-state index in [1.165, 1.54) is 0 Å². The van der Waals surface area contributed by atoms with Gasteiger partial charge in [0.2, 0.25) is 0 Å². The molecule has 0 spiro atoms. The molecule has 1 heterocycles. The van der Waals surface area contributed by atoms with Gasteiger partial charge >= 0.3 is 0 Å². The summed E-state index contributed by atoms with van der Waals surface area (Å²) in [5.74, 6) is 0. The van der Waals surface area contributed by atoms with E-state index in [2.05, 4.69) is 4.74 Å². The van der Waals surface area contributed by atoms with Crippen molar-refractivity contribution < 1.29 is 30.3 Å². The molecule has 12 heavy (non-hydrogen) atoms. The van der Waals surface area contributed by atoms with Gasteiger partial charge in [-0.1, -0.05) is 0 Å². The normalized spacial score (nSPS) is 40.2. The van der Waals surface area contributed by atoms with Gasteiger partial charge in [0, 0.05) is 0 Å². The summed E-state index contributed by atoms with van der Waals surface area (Å²) in [6, 6.07) is 0. The summed E-state index contributed by atoms with van der Waals surface area (Å²) in [4.78, 5) is 0. The van der Waals surface area contributed by atoms with Gasteiger partial charge in [0.25, 0.3) is 0 Å². The van der Waals surface area contributed by atoms with E-state index in [1.807, 2.05) is 0 Å². The first-order chi connectivity index (χ1) is 5.57. The Bertz CT molecular complexity index is 156. The summed E-state index contributed by atoms with van der Waals surface area (Å²) in [5.41, 5.74) is -1.65. The minimum Gasteiger partial charge on any atom is -0.393 e. The van der Waals surface area contributed by atoms with Gasteiger partial charge in [-0.2, -0.15) is 0 Å². The lowest BCUT2D eigenvalue weighted by atomic mass is 9.97. The molecule has 1 rings (SSSR count). The number of ether oxygens (including phenoxy) is 1. The topological polar surface area (TPSA) is 110 Å². The first-order valence-corrected chi connectivity index (χ1v) is 3.51. The third-order valence-corrected chi connectivity index (χ3v) is 2.05. The molecule has 72 valence electrons. The van der Waals surface area contributed by atoms with Crippen molar-refractivity contribution in [3.8, 4) is 0 Å². The van der Waals surface area contributed by atoms with E-state index in [4.69, 9.17) is 20.4 Å². The first kappa shape index (κ1) is 9.85. The van der Waals surface area contributed by atoms with E-state index in [0.717, 1.165) is 0 Å². The maximum Gasteiger partial charge on any atom is 0.184 e. The number of hydrogen-bond donors (Lipinski definition) is 5. The van der Waals surface area contributed by atoms with Crippen LogP contribution in [0.2, 0.25) is 0 Å². The second-order valence-corrected chi connectivity index (χ2v) is 2.82. The Labute approximate surface area is 68.6 Å². The molecule has 0 saturated carbocycles. The van der Waals surface area contributed by atoms with Gasteiger partial charge in [0.05, 0.1) is 13.2 Å². The highest BCUT2D eigenvalue weighted by Crippen LogP contribution is 2.29. The Morgan fingerprint density at radius 3 is 1.75 bits per heavy atom. The summed E-state index contributed by atoms with van der Waals surface area (Å²) in [6.45, 7) is -1.34. The minimum atomic E-state index is -1.65. The van der Waals surface area contributed by atoms with Gasteiger partial charge in [-0.3, -0.25) is 0 Å². The van der Waals surface area contributed by atoms with E-state index in [-0.39, 0.29) is 0 Å². The molecular formula is C6H12O6. The van der Waals surface area contributed by atoms with Crippen molar-refractivity contribution in [1.29, 1.82) is 0 Å². The third-order valence-electron chi connectivity index (χ3n) is 2.05. The molecule has 1 aliphatic rings. The van der Waals surface area contributed by atoms with E-state index in [0.29, 0.717) is 0 Å². The maximum absolute atomic E-state index is 9.22. The number of rotatable bonds is 2. The molecule has 1 fully saturated rings. The summed E-state index contributed by atoms with van der Waals surface area (Å²) in [6.07, 6.45) is -4.55. The molecule has 0 radical (unpaired) electrons. The van der Waals surface area contributed by atoms with Gasteiger partial charge in [-0.15, -0.1) is 0 Å². The predicted molar refractivity (Wildman–Crippen MR) is 36.0 cm³/mol. The van der Waals surface area contributed by atoms with Crippen LogP contribution in [0.4, 0.5) is 0 Å². The lowest BCUT2D eigenvalue weighted by Gasteiger charge is -2.26. The predicted octanol–water partition coefficient (Wildman–Crippen LogP) is -3.22. The van der Waals surface area contributed by atoms with Gasteiger partial charge in [-0.05, 0) is 0 Å². The van der Waals surface area contributed by atoms with E-state index >= 15 is 0 Å². The standard InChI is InChI=1S/C6H12O6/c7-1-6(2-8)4(10)3(9)5(11)12-6/h3-5,7-11H,1-2H2/t3-,4-,5+/m1/s1. The summed E-state index contributed by atoms with van der Waals surface area (Å²) in [7, 11) is 0. The Hall–Kier alpha value is -0.240. The second-order valence-electron chi connectivity index (χ2n) is 2.82. The molecule has 0 aromatic carbocycles. The number of hydrogen-bond acceptors (Lipinski definition) is 6. The van der Waals surface area contributed by atoms with Crippen LogP contribution >= 0.6 is 0 Å². The van der Waals surface area contributed by atoms with E-state index < -0.39 is 37.3 Å². The molecule has 5 N–H and O–H groups in total. The SMILES string of the molecule is OCC1(CO)O[C@H](O)[C@H](O)[C@H]1O. The highest BCUT2D eigenvalue weighted by atomic mass is 16.7. The maximum atomic E-state index is 9.22. The molecule has 6 heteroatoms. The monoisotopic (exact) mass is 180 g/mol. The molecule has 0 unspecified atom stereocenters. The lowest BCUT2D eigenvalue weighted by Crippen LogP contribution is -2.49. The Balaban J connectivity index is 2.79. The fourth-order valence-electron chi connectivity index (χ4n) is 1.16. The van der Waals surface area contributed by atoms with Crippen molar-refractivity contribution in [2.45, 2.75) is 24.1 Å². The van der Waals surface area contributed by atoms with Crippen LogP contribution in [0.15, 0.2) is 0 Å². The van der Waals surface area contributed by atoms with Crippen molar-refractivity contribution in [2.24, 2.45) is 0 Å². The molecule has 1 aliphatic heterocycles. The van der Waals surface area contributed by atoms with Gasteiger partial charge in [0.15, 0.2) is 6.29 Å². The van der Waals surface area contributed by atoms with Crippen LogP contribution in [0.25, 0.3) is 0 Å². The van der Waals surface area contributed by atoms with Gasteiger partial charge in [0.1, 0.15) is 17.8 Å². The minimum absolute atomic E-state index is 0.668. The van der Waals surface area contributed by atoms with Crippen LogP contribution in [0.5, 0.6) is 0 Å². The molecular weight excluding hydrogens is 168 g/mol. The Morgan fingerprint density at radius 2 is 1.58 bits per heavy atom. The van der Waals surface area contributed by atoms with Crippen molar-refractivity contribution in [2.75, 3.05) is 13.2 Å². The van der Waals surface area contributed by atoms with Crippen LogP contribution < -0.4 is 0 Å². The molecule has 0 amide bonds. The van der Waals surface area contributed by atoms with Crippen LogP contribution in [0.3, 0.4) is 0 Å². The molecule has 3 atom stereocenters. The molecule has 6 nitrogen and oxygen atoms in total. The molecule has 1 saturated heterocycles. The van der Waals surface area contributed by atoms with Crippen LogP contribution in [0, 0.1) is 0 Å². The zero-order chi connectivity index (χ0) is 9.35. The van der Waals surface area contributed by atoms with Gasteiger partial charge < -0.3 is 30.3 Å². The fraction of sp³-hybridized carbons (Fsp3) is 1.00. The molecule has 0 aliphatic carbocycles. The van der Waals surface area contributed by atoms with Crippen molar-refractivity contribution in [1.82, 2.24) is 0 Å². The largest absolute Gasteiger partial charge is 0.393 e. The Kier molecular flexibility index (Phi) is 2.67. The average molecular weight is 180 g/mol. The number of aliphatic hydroxyl groups excluding tert-OH is 5. The highest BCUT2D eigenvalue weighted by molar-refractivity contribution is 4.98. The van der Waals surface area contributed by atoms with Crippen molar-refractivity contribution >= 4 is 0 Å². The number of aliphatic hydroxyl groups is 5. The van der Waals surface area contributed by atoms with Crippen LogP contribution in [0.1, 0.15) is 0 Å². The van der Waals surface area contributed by atoms with Crippen molar-refractivity contribution in [3.63, 3.8) is 0 Å². The fourth-order valence-corrected chi connectivity index (χ4v) is 1.16. The summed E-state index contributed by atoms with van der Waals surface area (Å²) < 4.78 is 4.63. The second kappa shape index (κ2) is 3.25. The van der Waals surface area contributed by atoms with Crippen molar-refractivity contribution in [3.05, 3.63) is 0 Å². The quantitative estimate of drug-likeness (QED) is 0.306. The van der Waals surface area contributed by atoms with E-state index in [1.54, 1.807) is 0 Å². The zero-order valence-electron chi connectivity index (χ0n) is 6.29. The molecule has 0 aromatic rings.